The molecule has 2 heterocycles. The molecule has 0 saturated carbocycles. The molecule has 1 aliphatic rings. The molecule has 1 aromatic heterocycles. The van der Waals surface area contributed by atoms with Crippen molar-refractivity contribution < 1.29 is 4.74 Å². The summed E-state index contributed by atoms with van der Waals surface area (Å²) >= 11 is 6.05. The minimum Gasteiger partial charge on any atom is -0.378 e. The Balaban J connectivity index is 2.19. The first kappa shape index (κ1) is 12.8. The van der Waals surface area contributed by atoms with E-state index in [0.717, 1.165) is 37.4 Å². The minimum atomic E-state index is -0.00212. The Hall–Kier alpha value is -0.670. The van der Waals surface area contributed by atoms with Crippen LogP contribution < -0.4 is 0 Å². The fourth-order valence-electron chi connectivity index (χ4n) is 1.95. The lowest BCUT2D eigenvalue weighted by Gasteiger charge is -2.19. The molecule has 0 aromatic carbocycles. The molecular formula is C13H19ClN2O. The Morgan fingerprint density at radius 1 is 1.41 bits per heavy atom. The van der Waals surface area contributed by atoms with Gasteiger partial charge in [0.2, 0.25) is 0 Å². The zero-order chi connectivity index (χ0) is 12.5. The van der Waals surface area contributed by atoms with Gasteiger partial charge in [-0.1, -0.05) is 32.4 Å². The SMILES string of the molecule is CC(C)(C)c1cc(Cl)nc(CC2CCCO2)n1. The van der Waals surface area contributed by atoms with Crippen LogP contribution in [0.4, 0.5) is 0 Å². The monoisotopic (exact) mass is 254 g/mol. The van der Waals surface area contributed by atoms with Gasteiger partial charge in [-0.2, -0.15) is 0 Å². The van der Waals surface area contributed by atoms with Gasteiger partial charge in [0.05, 0.1) is 11.8 Å². The molecule has 94 valence electrons. The van der Waals surface area contributed by atoms with Crippen molar-refractivity contribution in [3.8, 4) is 0 Å². The summed E-state index contributed by atoms with van der Waals surface area (Å²) in [7, 11) is 0. The molecule has 2 rings (SSSR count). The molecular weight excluding hydrogens is 236 g/mol. The molecule has 1 unspecified atom stereocenters. The van der Waals surface area contributed by atoms with Crippen LogP contribution in [0.3, 0.4) is 0 Å². The number of halogens is 1. The van der Waals surface area contributed by atoms with Crippen LogP contribution in [0.25, 0.3) is 0 Å². The Morgan fingerprint density at radius 3 is 2.76 bits per heavy atom. The molecule has 0 bridgehead atoms. The molecule has 4 heteroatoms. The number of nitrogens with zero attached hydrogens (tertiary/aromatic N) is 2. The molecule has 17 heavy (non-hydrogen) atoms. The van der Waals surface area contributed by atoms with E-state index in [9.17, 15) is 0 Å². The van der Waals surface area contributed by atoms with Crippen LogP contribution in [0.5, 0.6) is 0 Å². The Kier molecular flexibility index (Phi) is 3.69. The Morgan fingerprint density at radius 2 is 2.18 bits per heavy atom. The molecule has 0 aliphatic carbocycles. The summed E-state index contributed by atoms with van der Waals surface area (Å²) in [5, 5.41) is 0.526. The van der Waals surface area contributed by atoms with Crippen molar-refractivity contribution in [3.63, 3.8) is 0 Å². The highest BCUT2D eigenvalue weighted by Gasteiger charge is 2.21. The maximum absolute atomic E-state index is 6.05. The first-order valence-corrected chi connectivity index (χ1v) is 6.48. The van der Waals surface area contributed by atoms with Gasteiger partial charge < -0.3 is 4.74 Å². The van der Waals surface area contributed by atoms with E-state index in [-0.39, 0.29) is 11.5 Å². The standard InChI is InChI=1S/C13H19ClN2O/c1-13(2,3)10-8-11(14)16-12(15-10)7-9-5-4-6-17-9/h8-9H,4-7H2,1-3H3. The van der Waals surface area contributed by atoms with E-state index >= 15 is 0 Å². The second kappa shape index (κ2) is 4.91. The lowest BCUT2D eigenvalue weighted by Crippen LogP contribution is -2.18. The van der Waals surface area contributed by atoms with Gasteiger partial charge in [-0.3, -0.25) is 0 Å². The number of aromatic nitrogens is 2. The molecule has 1 aromatic rings. The van der Waals surface area contributed by atoms with Gasteiger partial charge in [0.1, 0.15) is 11.0 Å². The van der Waals surface area contributed by atoms with E-state index < -0.39 is 0 Å². The van der Waals surface area contributed by atoms with Crippen LogP contribution in [0.15, 0.2) is 6.07 Å². The van der Waals surface area contributed by atoms with Crippen molar-refractivity contribution in [2.75, 3.05) is 6.61 Å². The summed E-state index contributed by atoms with van der Waals surface area (Å²) in [4.78, 5) is 8.88. The summed E-state index contributed by atoms with van der Waals surface area (Å²) in [6.07, 6.45) is 3.27. The molecule has 0 spiro atoms. The maximum Gasteiger partial charge on any atom is 0.133 e. The van der Waals surface area contributed by atoms with Crippen molar-refractivity contribution in [1.29, 1.82) is 0 Å². The maximum atomic E-state index is 6.05. The quantitative estimate of drug-likeness (QED) is 0.761. The van der Waals surface area contributed by atoms with Gasteiger partial charge in [0, 0.05) is 18.4 Å². The highest BCUT2D eigenvalue weighted by atomic mass is 35.5. The average molecular weight is 255 g/mol. The molecule has 1 saturated heterocycles. The lowest BCUT2D eigenvalue weighted by molar-refractivity contribution is 0.110. The first-order chi connectivity index (χ1) is 7.95. The fraction of sp³-hybridized carbons (Fsp3) is 0.692. The van der Waals surface area contributed by atoms with Crippen LogP contribution in [0.1, 0.15) is 45.1 Å². The van der Waals surface area contributed by atoms with Gasteiger partial charge in [-0.15, -0.1) is 0 Å². The lowest BCUT2D eigenvalue weighted by atomic mass is 9.92. The largest absolute Gasteiger partial charge is 0.378 e. The summed E-state index contributed by atoms with van der Waals surface area (Å²) in [5.41, 5.74) is 0.989. The molecule has 0 N–H and O–H groups in total. The molecule has 3 nitrogen and oxygen atoms in total. The summed E-state index contributed by atoms with van der Waals surface area (Å²) in [6.45, 7) is 7.24. The molecule has 0 radical (unpaired) electrons. The third-order valence-electron chi connectivity index (χ3n) is 2.94. The summed E-state index contributed by atoms with van der Waals surface area (Å²) < 4.78 is 5.60. The molecule has 1 atom stereocenters. The topological polar surface area (TPSA) is 35.0 Å². The summed E-state index contributed by atoms with van der Waals surface area (Å²) in [6, 6.07) is 1.85. The van der Waals surface area contributed by atoms with Crippen molar-refractivity contribution in [2.45, 2.75) is 51.6 Å². The zero-order valence-corrected chi connectivity index (χ0v) is 11.4. The summed E-state index contributed by atoms with van der Waals surface area (Å²) in [5.74, 6) is 0.800. The minimum absolute atomic E-state index is 0.00212. The second-order valence-corrected chi connectivity index (χ2v) is 5.97. The third kappa shape index (κ3) is 3.39. The zero-order valence-electron chi connectivity index (χ0n) is 10.7. The predicted molar refractivity (Wildman–Crippen MR) is 68.4 cm³/mol. The third-order valence-corrected chi connectivity index (χ3v) is 3.14. The fourth-order valence-corrected chi connectivity index (χ4v) is 2.15. The van der Waals surface area contributed by atoms with Crippen molar-refractivity contribution in [2.24, 2.45) is 0 Å². The first-order valence-electron chi connectivity index (χ1n) is 6.11. The number of hydrogen-bond acceptors (Lipinski definition) is 3. The van der Waals surface area contributed by atoms with E-state index in [1.54, 1.807) is 0 Å². The molecule has 0 amide bonds. The predicted octanol–water partition coefficient (Wildman–Crippen LogP) is 3.15. The van der Waals surface area contributed by atoms with Crippen LogP contribution >= 0.6 is 11.6 Å². The number of ether oxygens (including phenoxy) is 1. The number of rotatable bonds is 2. The Labute approximate surface area is 108 Å². The van der Waals surface area contributed by atoms with Gasteiger partial charge in [0.25, 0.3) is 0 Å². The van der Waals surface area contributed by atoms with Crippen LogP contribution in [0, 0.1) is 0 Å². The highest BCUT2D eigenvalue weighted by Crippen LogP contribution is 2.23. The van der Waals surface area contributed by atoms with Gasteiger partial charge in [-0.25, -0.2) is 9.97 Å². The highest BCUT2D eigenvalue weighted by molar-refractivity contribution is 6.29. The molecule has 1 fully saturated rings. The van der Waals surface area contributed by atoms with Crippen molar-refractivity contribution in [3.05, 3.63) is 22.7 Å². The van der Waals surface area contributed by atoms with E-state index in [1.165, 1.54) is 0 Å². The second-order valence-electron chi connectivity index (χ2n) is 5.58. The van der Waals surface area contributed by atoms with Gasteiger partial charge >= 0.3 is 0 Å². The van der Waals surface area contributed by atoms with Crippen LogP contribution in [-0.4, -0.2) is 22.7 Å². The van der Waals surface area contributed by atoms with Gasteiger partial charge in [-0.05, 0) is 18.9 Å². The Bertz CT molecular complexity index is 395. The molecule has 1 aliphatic heterocycles. The van der Waals surface area contributed by atoms with E-state index in [1.807, 2.05) is 6.07 Å². The van der Waals surface area contributed by atoms with Crippen LogP contribution in [0.2, 0.25) is 5.15 Å². The van der Waals surface area contributed by atoms with E-state index in [0.29, 0.717) is 5.15 Å². The van der Waals surface area contributed by atoms with Crippen LogP contribution in [-0.2, 0) is 16.6 Å². The van der Waals surface area contributed by atoms with E-state index in [2.05, 4.69) is 30.7 Å². The number of hydrogen-bond donors (Lipinski definition) is 0. The average Bonchev–Trinajstić information content (AvgIpc) is 2.68. The van der Waals surface area contributed by atoms with Crippen molar-refractivity contribution >= 4 is 11.6 Å². The van der Waals surface area contributed by atoms with E-state index in [4.69, 9.17) is 16.3 Å². The van der Waals surface area contributed by atoms with Crippen molar-refractivity contribution in [1.82, 2.24) is 9.97 Å². The smallest absolute Gasteiger partial charge is 0.133 e. The van der Waals surface area contributed by atoms with Gasteiger partial charge in [0.15, 0.2) is 0 Å². The normalized spacial score (nSPS) is 20.8.